The molecule has 9 nitrogen and oxygen atoms in total. The highest BCUT2D eigenvalue weighted by Gasteiger charge is 2.43. The van der Waals surface area contributed by atoms with Crippen LogP contribution in [0.5, 0.6) is 5.75 Å². The van der Waals surface area contributed by atoms with Crippen molar-refractivity contribution >= 4 is 24.0 Å². The van der Waals surface area contributed by atoms with E-state index in [1.807, 2.05) is 0 Å². The number of carbonyl (C=O) groups is 2. The number of hydrogen-bond acceptors (Lipinski definition) is 8. The number of primary amides is 1. The van der Waals surface area contributed by atoms with Crippen molar-refractivity contribution < 1.29 is 18.7 Å². The van der Waals surface area contributed by atoms with Crippen LogP contribution in [0.4, 0.5) is 16.2 Å². The number of ether oxygens (including phenoxy) is 1. The molecule has 1 aromatic heterocycles. The molecule has 31 heavy (non-hydrogen) atoms. The number of carbonyl (C=O) groups excluding carboxylic acids is 2. The second-order valence-electron chi connectivity index (χ2n) is 7.88. The minimum atomic E-state index is -0.677. The molecule has 2 aromatic rings. The average Bonchev–Trinajstić information content (AvgIpc) is 3.04. The molecule has 2 aliphatic rings. The van der Waals surface area contributed by atoms with Gasteiger partial charge in [0.25, 0.3) is 5.91 Å². The van der Waals surface area contributed by atoms with Gasteiger partial charge in [0.2, 0.25) is 5.95 Å². The lowest BCUT2D eigenvalue weighted by molar-refractivity contribution is -0.108. The molecule has 164 valence electrons. The lowest BCUT2D eigenvalue weighted by Gasteiger charge is -2.39. The normalized spacial score (nSPS) is 23.3. The third kappa shape index (κ3) is 4.58. The SMILES string of the molecule is NC[C@@H](C=O)Nc1cc(C(N)=O)nc(N2C3CCC2CC(Oc2ccc(F)cc2)C3)n1. The fourth-order valence-electron chi connectivity index (χ4n) is 4.34. The molecular formula is C21H25FN6O3. The number of piperidine rings is 1. The van der Waals surface area contributed by atoms with Gasteiger partial charge in [-0.2, -0.15) is 4.98 Å². The molecule has 1 amide bonds. The van der Waals surface area contributed by atoms with Crippen LogP contribution in [0.15, 0.2) is 30.3 Å². The molecule has 0 spiro atoms. The first kappa shape index (κ1) is 21.0. The van der Waals surface area contributed by atoms with Crippen LogP contribution in [0.25, 0.3) is 0 Å². The van der Waals surface area contributed by atoms with Crippen LogP contribution in [0, 0.1) is 5.82 Å². The van der Waals surface area contributed by atoms with Crippen molar-refractivity contribution in [1.29, 1.82) is 0 Å². The van der Waals surface area contributed by atoms with Crippen molar-refractivity contribution in [3.05, 3.63) is 41.8 Å². The van der Waals surface area contributed by atoms with Gasteiger partial charge in [0.1, 0.15) is 35.5 Å². The monoisotopic (exact) mass is 428 g/mol. The second-order valence-corrected chi connectivity index (χ2v) is 7.88. The number of halogens is 1. The number of fused-ring (bicyclic) bond motifs is 2. The number of anilines is 2. The summed E-state index contributed by atoms with van der Waals surface area (Å²) in [7, 11) is 0. The Morgan fingerprint density at radius 1 is 1.26 bits per heavy atom. The maximum atomic E-state index is 13.1. The third-order valence-electron chi connectivity index (χ3n) is 5.76. The molecule has 2 bridgehead atoms. The minimum Gasteiger partial charge on any atom is -0.490 e. The lowest BCUT2D eigenvalue weighted by atomic mass is 10.00. The van der Waals surface area contributed by atoms with E-state index in [2.05, 4.69) is 20.2 Å². The molecule has 0 radical (unpaired) electrons. The van der Waals surface area contributed by atoms with Gasteiger partial charge in [-0.15, -0.1) is 0 Å². The molecular weight excluding hydrogens is 403 g/mol. The van der Waals surface area contributed by atoms with E-state index in [0.29, 0.717) is 23.8 Å². The summed E-state index contributed by atoms with van der Waals surface area (Å²) in [6.45, 7) is 0.0894. The molecule has 10 heteroatoms. The van der Waals surface area contributed by atoms with E-state index in [0.717, 1.165) is 25.7 Å². The quantitative estimate of drug-likeness (QED) is 0.534. The molecule has 1 aromatic carbocycles. The topological polar surface area (TPSA) is 136 Å². The fraction of sp³-hybridized carbons (Fsp3) is 0.429. The van der Waals surface area contributed by atoms with E-state index in [-0.39, 0.29) is 36.2 Å². The smallest absolute Gasteiger partial charge is 0.267 e. The highest BCUT2D eigenvalue weighted by Crippen LogP contribution is 2.39. The standard InChI is InChI=1S/C21H25FN6O3/c22-12-1-5-16(6-2-12)31-17-7-14-3-4-15(8-17)28(14)21-26-18(20(24)30)9-19(27-21)25-13(10-23)11-29/h1-2,5-6,9,11,13-15,17H,3-4,7-8,10,23H2,(H2,24,30)(H,25,26,27)/t13-,14?,15?,17?/m0/s1. The van der Waals surface area contributed by atoms with Gasteiger partial charge in [0.05, 0.1) is 6.04 Å². The summed E-state index contributed by atoms with van der Waals surface area (Å²) in [5, 5.41) is 2.92. The highest BCUT2D eigenvalue weighted by atomic mass is 19.1. The minimum absolute atomic E-state index is 0.00665. The van der Waals surface area contributed by atoms with Gasteiger partial charge in [-0.05, 0) is 37.1 Å². The second kappa shape index (κ2) is 8.84. The Kier molecular flexibility index (Phi) is 5.99. The zero-order valence-corrected chi connectivity index (χ0v) is 16.9. The number of rotatable bonds is 8. The first-order valence-electron chi connectivity index (χ1n) is 10.3. The average molecular weight is 428 g/mol. The van der Waals surface area contributed by atoms with E-state index in [9.17, 15) is 14.0 Å². The number of nitrogens with one attached hydrogen (secondary N) is 1. The largest absolute Gasteiger partial charge is 0.490 e. The maximum absolute atomic E-state index is 13.1. The van der Waals surface area contributed by atoms with Gasteiger partial charge < -0.3 is 31.2 Å². The Hall–Kier alpha value is -3.27. The summed E-state index contributed by atoms with van der Waals surface area (Å²) in [5.41, 5.74) is 11.1. The molecule has 3 heterocycles. The molecule has 2 saturated heterocycles. The molecule has 2 unspecified atom stereocenters. The molecule has 0 saturated carbocycles. The molecule has 0 aliphatic carbocycles. The van der Waals surface area contributed by atoms with E-state index < -0.39 is 11.9 Å². The predicted molar refractivity (Wildman–Crippen MR) is 112 cm³/mol. The highest BCUT2D eigenvalue weighted by molar-refractivity contribution is 5.92. The van der Waals surface area contributed by atoms with Crippen LogP contribution in [-0.4, -0.2) is 52.9 Å². The number of benzene rings is 1. The van der Waals surface area contributed by atoms with Gasteiger partial charge >= 0.3 is 0 Å². The van der Waals surface area contributed by atoms with E-state index in [1.54, 1.807) is 12.1 Å². The third-order valence-corrected chi connectivity index (χ3v) is 5.76. The van der Waals surface area contributed by atoms with Crippen LogP contribution in [0.1, 0.15) is 36.2 Å². The molecule has 2 aliphatic heterocycles. The van der Waals surface area contributed by atoms with Crippen LogP contribution < -0.4 is 26.4 Å². The van der Waals surface area contributed by atoms with E-state index in [4.69, 9.17) is 16.2 Å². The number of aldehydes is 1. The molecule has 5 N–H and O–H groups in total. The van der Waals surface area contributed by atoms with Crippen LogP contribution >= 0.6 is 0 Å². The van der Waals surface area contributed by atoms with Crippen molar-refractivity contribution in [2.45, 2.75) is 49.9 Å². The van der Waals surface area contributed by atoms with Gasteiger partial charge in [-0.3, -0.25) is 4.79 Å². The number of amides is 1. The Bertz CT molecular complexity index is 943. The van der Waals surface area contributed by atoms with Crippen LogP contribution in [-0.2, 0) is 4.79 Å². The predicted octanol–water partition coefficient (Wildman–Crippen LogP) is 1.23. The molecule has 3 atom stereocenters. The van der Waals surface area contributed by atoms with Crippen molar-refractivity contribution in [2.75, 3.05) is 16.8 Å². The van der Waals surface area contributed by atoms with Gasteiger partial charge in [-0.25, -0.2) is 9.37 Å². The number of aromatic nitrogens is 2. The van der Waals surface area contributed by atoms with Crippen molar-refractivity contribution in [3.8, 4) is 5.75 Å². The van der Waals surface area contributed by atoms with E-state index >= 15 is 0 Å². The molecule has 4 rings (SSSR count). The number of nitrogens with two attached hydrogens (primary N) is 2. The summed E-state index contributed by atoms with van der Waals surface area (Å²) >= 11 is 0. The lowest BCUT2D eigenvalue weighted by Crippen LogP contribution is -2.47. The van der Waals surface area contributed by atoms with Crippen LogP contribution in [0.3, 0.4) is 0 Å². The summed E-state index contributed by atoms with van der Waals surface area (Å²) in [5.74, 6) is 0.381. The summed E-state index contributed by atoms with van der Waals surface area (Å²) < 4.78 is 19.2. The zero-order chi connectivity index (χ0) is 22.0. The Balaban J connectivity index is 1.54. The first-order chi connectivity index (χ1) is 15.0. The van der Waals surface area contributed by atoms with Gasteiger partial charge in [0, 0.05) is 37.5 Å². The van der Waals surface area contributed by atoms with Crippen LogP contribution in [0.2, 0.25) is 0 Å². The Morgan fingerprint density at radius 3 is 2.52 bits per heavy atom. The summed E-state index contributed by atoms with van der Waals surface area (Å²) in [4.78, 5) is 34.0. The van der Waals surface area contributed by atoms with Gasteiger partial charge in [-0.1, -0.05) is 0 Å². The van der Waals surface area contributed by atoms with Crippen molar-refractivity contribution in [2.24, 2.45) is 11.5 Å². The van der Waals surface area contributed by atoms with Gasteiger partial charge in [0.15, 0.2) is 0 Å². The maximum Gasteiger partial charge on any atom is 0.267 e. The number of nitrogens with zero attached hydrogens (tertiary/aromatic N) is 3. The first-order valence-corrected chi connectivity index (χ1v) is 10.3. The zero-order valence-electron chi connectivity index (χ0n) is 16.9. The number of hydrogen-bond donors (Lipinski definition) is 3. The van der Waals surface area contributed by atoms with Crippen molar-refractivity contribution in [3.63, 3.8) is 0 Å². The van der Waals surface area contributed by atoms with Crippen molar-refractivity contribution in [1.82, 2.24) is 9.97 Å². The summed E-state index contributed by atoms with van der Waals surface area (Å²) in [6.07, 6.45) is 4.07. The molecule has 2 fully saturated rings. The Labute approximate surface area is 179 Å². The van der Waals surface area contributed by atoms with E-state index in [1.165, 1.54) is 18.2 Å². The summed E-state index contributed by atoms with van der Waals surface area (Å²) in [6, 6.07) is 7.08. The fourth-order valence-corrected chi connectivity index (χ4v) is 4.34. The Morgan fingerprint density at radius 2 is 1.94 bits per heavy atom.